The zero-order valence-corrected chi connectivity index (χ0v) is 23.0. The summed E-state index contributed by atoms with van der Waals surface area (Å²) >= 11 is 0. The molecule has 2 aromatic carbocycles. The standard InChI is InChI=1S/C26H29F4N3O6S/c1-24(2)12-19(24)22(34)31-13-17-14-33(40(36,37)18-8-5-15(27)6-9-18)20-11-16(7-10-21(20)38-17)32-23(35)39-25(3,4)26(28,29)30/h5-11,17,19H,12-14H2,1-4H3,(H,31,34)(H,32,35)/t17-,19?/m0/s1. The number of hydrogen-bond donors (Lipinski definition) is 2. The van der Waals surface area contributed by atoms with Crippen LogP contribution in [0, 0.1) is 17.2 Å². The van der Waals surface area contributed by atoms with Crippen LogP contribution in [-0.2, 0) is 19.6 Å². The minimum Gasteiger partial charge on any atom is -0.484 e. The Morgan fingerprint density at radius 3 is 2.33 bits per heavy atom. The molecule has 4 rings (SSSR count). The van der Waals surface area contributed by atoms with Gasteiger partial charge in [0.1, 0.15) is 17.7 Å². The molecule has 1 unspecified atom stereocenters. The highest BCUT2D eigenvalue weighted by Crippen LogP contribution is 2.51. The Morgan fingerprint density at radius 1 is 1.12 bits per heavy atom. The molecule has 0 radical (unpaired) electrons. The van der Waals surface area contributed by atoms with E-state index in [1.165, 1.54) is 18.2 Å². The molecule has 2 aliphatic rings. The van der Waals surface area contributed by atoms with Gasteiger partial charge in [-0.2, -0.15) is 13.2 Å². The van der Waals surface area contributed by atoms with Gasteiger partial charge in [-0.15, -0.1) is 0 Å². The predicted molar refractivity (Wildman–Crippen MR) is 137 cm³/mol. The van der Waals surface area contributed by atoms with Crippen LogP contribution in [0.15, 0.2) is 47.4 Å². The summed E-state index contributed by atoms with van der Waals surface area (Å²) in [5.41, 5.74) is -2.97. The molecule has 0 spiro atoms. The quantitative estimate of drug-likeness (QED) is 0.449. The molecule has 0 aromatic heterocycles. The Bertz CT molecular complexity index is 1410. The van der Waals surface area contributed by atoms with Gasteiger partial charge in [0.15, 0.2) is 0 Å². The first kappa shape index (κ1) is 29.4. The maximum Gasteiger partial charge on any atom is 0.427 e. The Kier molecular flexibility index (Phi) is 7.45. The molecule has 1 aliphatic carbocycles. The third-order valence-corrected chi connectivity index (χ3v) is 8.70. The fraction of sp³-hybridized carbons (Fsp3) is 0.462. The molecule has 1 saturated carbocycles. The van der Waals surface area contributed by atoms with Crippen LogP contribution in [0.25, 0.3) is 0 Å². The maximum atomic E-state index is 13.6. The van der Waals surface area contributed by atoms with Crippen molar-refractivity contribution in [1.82, 2.24) is 5.32 Å². The zero-order valence-electron chi connectivity index (χ0n) is 22.1. The predicted octanol–water partition coefficient (Wildman–Crippen LogP) is 4.83. The number of carbonyl (C=O) groups excluding carboxylic acids is 2. The molecule has 2 N–H and O–H groups in total. The number of benzene rings is 2. The normalized spacial score (nSPS) is 20.1. The van der Waals surface area contributed by atoms with Crippen LogP contribution >= 0.6 is 0 Å². The molecular formula is C26H29F4N3O6S. The molecule has 0 bridgehead atoms. The maximum absolute atomic E-state index is 13.6. The van der Waals surface area contributed by atoms with Gasteiger partial charge in [0.05, 0.1) is 23.7 Å². The van der Waals surface area contributed by atoms with E-state index >= 15 is 0 Å². The average molecular weight is 588 g/mol. The molecule has 9 nitrogen and oxygen atoms in total. The summed E-state index contributed by atoms with van der Waals surface area (Å²) in [5, 5.41) is 4.96. The molecule has 40 heavy (non-hydrogen) atoms. The monoisotopic (exact) mass is 587 g/mol. The van der Waals surface area contributed by atoms with Crippen molar-refractivity contribution >= 4 is 33.4 Å². The van der Waals surface area contributed by atoms with E-state index in [1.54, 1.807) is 0 Å². The SMILES string of the molecule is CC1(C)CC1C(=O)NC[C@H]1CN(S(=O)(=O)c2ccc(F)cc2)c2cc(NC(=O)OC(C)(C)C(F)(F)F)ccc2O1. The van der Waals surface area contributed by atoms with Gasteiger partial charge in [0.2, 0.25) is 11.5 Å². The first-order valence-corrected chi connectivity index (χ1v) is 13.8. The molecule has 218 valence electrons. The van der Waals surface area contributed by atoms with E-state index in [4.69, 9.17) is 4.74 Å². The lowest BCUT2D eigenvalue weighted by Gasteiger charge is -2.36. The second-order valence-corrected chi connectivity index (χ2v) is 12.8. The van der Waals surface area contributed by atoms with E-state index in [0.717, 1.165) is 35.0 Å². The van der Waals surface area contributed by atoms with E-state index in [1.807, 2.05) is 13.8 Å². The third kappa shape index (κ3) is 6.11. The molecule has 2 atom stereocenters. The van der Waals surface area contributed by atoms with E-state index in [2.05, 4.69) is 15.4 Å². The minimum atomic E-state index is -4.83. The van der Waals surface area contributed by atoms with Crippen LogP contribution in [0.5, 0.6) is 5.75 Å². The van der Waals surface area contributed by atoms with Crippen LogP contribution in [0.1, 0.15) is 34.1 Å². The highest BCUT2D eigenvalue weighted by molar-refractivity contribution is 7.92. The topological polar surface area (TPSA) is 114 Å². The van der Waals surface area contributed by atoms with Gasteiger partial charge in [0.25, 0.3) is 10.0 Å². The Morgan fingerprint density at radius 2 is 1.75 bits per heavy atom. The lowest BCUT2D eigenvalue weighted by atomic mass is 10.1. The summed E-state index contributed by atoms with van der Waals surface area (Å²) in [6.45, 7) is 5.05. The second-order valence-electron chi connectivity index (χ2n) is 10.9. The molecule has 1 heterocycles. The molecule has 1 aliphatic heterocycles. The van der Waals surface area contributed by atoms with Gasteiger partial charge in [0, 0.05) is 11.6 Å². The number of nitrogens with zero attached hydrogens (tertiary/aromatic N) is 1. The Labute approximate surface area is 228 Å². The number of nitrogens with one attached hydrogen (secondary N) is 2. The van der Waals surface area contributed by atoms with Crippen LogP contribution in [0.2, 0.25) is 0 Å². The third-order valence-electron chi connectivity index (χ3n) is 6.90. The minimum absolute atomic E-state index is 0.000850. The van der Waals surface area contributed by atoms with Gasteiger partial charge in [-0.05, 0) is 68.1 Å². The van der Waals surface area contributed by atoms with Gasteiger partial charge >= 0.3 is 12.3 Å². The van der Waals surface area contributed by atoms with Crippen molar-refractivity contribution < 1.29 is 45.0 Å². The summed E-state index contributed by atoms with van der Waals surface area (Å²) < 4.78 is 91.5. The molecule has 2 amide bonds. The van der Waals surface area contributed by atoms with E-state index < -0.39 is 39.8 Å². The first-order chi connectivity index (χ1) is 18.4. The lowest BCUT2D eigenvalue weighted by Crippen LogP contribution is -2.48. The number of ether oxygens (including phenoxy) is 2. The highest BCUT2D eigenvalue weighted by atomic mass is 32.2. The summed E-state index contributed by atoms with van der Waals surface area (Å²) in [4.78, 5) is 24.5. The van der Waals surface area contributed by atoms with Gasteiger partial charge in [-0.25, -0.2) is 17.6 Å². The van der Waals surface area contributed by atoms with E-state index in [-0.39, 0.29) is 52.3 Å². The number of rotatable bonds is 7. The molecule has 1 fully saturated rings. The van der Waals surface area contributed by atoms with Crippen molar-refractivity contribution in [3.05, 3.63) is 48.3 Å². The van der Waals surface area contributed by atoms with Crippen LogP contribution in [0.3, 0.4) is 0 Å². The zero-order chi connectivity index (χ0) is 29.7. The van der Waals surface area contributed by atoms with Crippen molar-refractivity contribution in [2.75, 3.05) is 22.7 Å². The molecular weight excluding hydrogens is 558 g/mol. The average Bonchev–Trinajstić information content (AvgIpc) is 3.49. The highest BCUT2D eigenvalue weighted by Gasteiger charge is 2.51. The smallest absolute Gasteiger partial charge is 0.427 e. The largest absolute Gasteiger partial charge is 0.484 e. The van der Waals surface area contributed by atoms with E-state index in [9.17, 15) is 35.6 Å². The van der Waals surface area contributed by atoms with Crippen molar-refractivity contribution in [3.63, 3.8) is 0 Å². The van der Waals surface area contributed by atoms with Gasteiger partial charge in [-0.1, -0.05) is 13.8 Å². The molecule has 0 saturated heterocycles. The van der Waals surface area contributed by atoms with Gasteiger partial charge in [-0.3, -0.25) is 14.4 Å². The number of hydrogen-bond acceptors (Lipinski definition) is 6. The summed E-state index contributed by atoms with van der Waals surface area (Å²) in [7, 11) is -4.30. The number of halogens is 4. The fourth-order valence-corrected chi connectivity index (χ4v) is 5.64. The summed E-state index contributed by atoms with van der Waals surface area (Å²) in [6.07, 6.45) is -6.30. The van der Waals surface area contributed by atoms with Crippen LogP contribution in [0.4, 0.5) is 33.7 Å². The van der Waals surface area contributed by atoms with Crippen molar-refractivity contribution in [2.45, 2.75) is 56.9 Å². The number of amides is 2. The summed E-state index contributed by atoms with van der Waals surface area (Å²) in [5.74, 6) is -0.889. The van der Waals surface area contributed by atoms with Gasteiger partial charge < -0.3 is 14.8 Å². The van der Waals surface area contributed by atoms with Crippen molar-refractivity contribution in [1.29, 1.82) is 0 Å². The number of alkyl halides is 3. The Balaban J connectivity index is 1.60. The summed E-state index contributed by atoms with van der Waals surface area (Å²) in [6, 6.07) is 8.00. The number of fused-ring (bicyclic) bond motifs is 1. The molecule has 2 aromatic rings. The second kappa shape index (κ2) is 10.1. The lowest BCUT2D eigenvalue weighted by molar-refractivity contribution is -0.242. The van der Waals surface area contributed by atoms with E-state index in [0.29, 0.717) is 13.8 Å². The molecule has 14 heteroatoms. The van der Waals surface area contributed by atoms with Crippen molar-refractivity contribution in [2.24, 2.45) is 11.3 Å². The number of sulfonamides is 1. The Hall–Kier alpha value is -3.55. The fourth-order valence-electron chi connectivity index (χ4n) is 4.14. The number of anilines is 2. The first-order valence-electron chi connectivity index (χ1n) is 12.3. The van der Waals surface area contributed by atoms with Crippen molar-refractivity contribution in [3.8, 4) is 5.75 Å². The van der Waals surface area contributed by atoms with Crippen LogP contribution < -0.4 is 19.7 Å². The number of carbonyl (C=O) groups is 2. The van der Waals surface area contributed by atoms with Crippen LogP contribution in [-0.4, -0.2) is 51.4 Å².